The summed E-state index contributed by atoms with van der Waals surface area (Å²) in [4.78, 5) is 0.604. The van der Waals surface area contributed by atoms with Crippen LogP contribution in [-0.2, 0) is 11.0 Å². The third-order valence-electron chi connectivity index (χ3n) is 3.34. The molecule has 3 rings (SSSR count). The van der Waals surface area contributed by atoms with E-state index < -0.39 is 11.0 Å². The molecule has 0 fully saturated rings. The molecule has 0 bridgehead atoms. The summed E-state index contributed by atoms with van der Waals surface area (Å²) in [6, 6.07) is 21.2. The maximum Gasteiger partial charge on any atom is 0.176 e. The van der Waals surface area contributed by atoms with Gasteiger partial charge in [-0.1, -0.05) is 60.7 Å². The average Bonchev–Trinajstić information content (AvgIpc) is 2.59. The van der Waals surface area contributed by atoms with Gasteiger partial charge in [-0.15, -0.1) is 0 Å². The first-order chi connectivity index (χ1) is 10.8. The van der Waals surface area contributed by atoms with E-state index >= 15 is 0 Å². The Morgan fingerprint density at radius 3 is 2.45 bits per heavy atom. The molecule has 0 heterocycles. The van der Waals surface area contributed by atoms with E-state index in [1.807, 2.05) is 66.7 Å². The van der Waals surface area contributed by atoms with Crippen LogP contribution in [0.15, 0.2) is 76.0 Å². The molecule has 0 N–H and O–H groups in total. The van der Waals surface area contributed by atoms with E-state index in [2.05, 4.69) is 4.40 Å². The monoisotopic (exact) mass is 309 g/mol. The number of rotatable bonds is 4. The van der Waals surface area contributed by atoms with Crippen molar-refractivity contribution >= 4 is 28.0 Å². The van der Waals surface area contributed by atoms with Gasteiger partial charge in [-0.2, -0.15) is 4.40 Å². The fraction of sp³-hybridized carbons (Fsp3) is 0.0556. The second-order valence-corrected chi connectivity index (χ2v) is 5.83. The lowest BCUT2D eigenvalue weighted by Gasteiger charge is -2.09. The van der Waals surface area contributed by atoms with Crippen molar-refractivity contribution in [1.82, 2.24) is 0 Å². The number of nitrogens with zero attached hydrogens (tertiary/aromatic N) is 1. The minimum atomic E-state index is -1.53. The first-order valence-corrected chi connectivity index (χ1v) is 7.97. The Kier molecular flexibility index (Phi) is 4.30. The Morgan fingerprint density at radius 2 is 1.68 bits per heavy atom. The van der Waals surface area contributed by atoms with Crippen molar-refractivity contribution in [3.8, 4) is 5.75 Å². The molecule has 0 saturated carbocycles. The minimum Gasteiger partial charge on any atom is -0.495 e. The van der Waals surface area contributed by atoms with Crippen LogP contribution in [0.25, 0.3) is 10.8 Å². The first-order valence-electron chi connectivity index (χ1n) is 6.86. The van der Waals surface area contributed by atoms with Gasteiger partial charge >= 0.3 is 0 Å². The van der Waals surface area contributed by atoms with Gasteiger partial charge in [0.05, 0.1) is 7.11 Å². The van der Waals surface area contributed by atoms with Crippen molar-refractivity contribution in [2.24, 2.45) is 4.40 Å². The van der Waals surface area contributed by atoms with Crippen LogP contribution < -0.4 is 4.74 Å². The van der Waals surface area contributed by atoms with Crippen molar-refractivity contribution in [2.75, 3.05) is 7.11 Å². The number of fused-ring (bicyclic) bond motifs is 1. The van der Waals surface area contributed by atoms with Gasteiger partial charge in [0.25, 0.3) is 0 Å². The topological polar surface area (TPSA) is 38.7 Å². The summed E-state index contributed by atoms with van der Waals surface area (Å²) >= 11 is 0. The zero-order chi connectivity index (χ0) is 15.4. The van der Waals surface area contributed by atoms with Crippen molar-refractivity contribution in [2.45, 2.75) is 4.90 Å². The molecule has 22 heavy (non-hydrogen) atoms. The highest BCUT2D eigenvalue weighted by atomic mass is 32.2. The summed E-state index contributed by atoms with van der Waals surface area (Å²) in [5.74, 6) is 0.585. The van der Waals surface area contributed by atoms with E-state index in [9.17, 15) is 4.21 Å². The maximum absolute atomic E-state index is 12.6. The second-order valence-electron chi connectivity index (χ2n) is 4.71. The normalized spacial score (nSPS) is 12.6. The lowest BCUT2D eigenvalue weighted by Crippen LogP contribution is -1.96. The SMILES string of the molecule is COc1ccc2ccccc2c1S(=O)/N=C/c1ccccc1. The van der Waals surface area contributed by atoms with Crippen LogP contribution in [0.1, 0.15) is 5.56 Å². The van der Waals surface area contributed by atoms with E-state index in [4.69, 9.17) is 4.74 Å². The predicted octanol–water partition coefficient (Wildman–Crippen LogP) is 3.99. The van der Waals surface area contributed by atoms with Crippen LogP contribution in [0.2, 0.25) is 0 Å². The number of benzene rings is 3. The number of ether oxygens (including phenoxy) is 1. The van der Waals surface area contributed by atoms with Crippen LogP contribution in [0, 0.1) is 0 Å². The van der Waals surface area contributed by atoms with Crippen LogP contribution in [-0.4, -0.2) is 17.5 Å². The predicted molar refractivity (Wildman–Crippen MR) is 90.9 cm³/mol. The first kappa shape index (κ1) is 14.5. The summed E-state index contributed by atoms with van der Waals surface area (Å²) in [5, 5.41) is 1.91. The molecule has 3 nitrogen and oxygen atoms in total. The summed E-state index contributed by atoms with van der Waals surface area (Å²) in [7, 11) is 0.0497. The van der Waals surface area contributed by atoms with Gasteiger partial charge in [-0.25, -0.2) is 4.21 Å². The summed E-state index contributed by atoms with van der Waals surface area (Å²) < 4.78 is 22.2. The quantitative estimate of drug-likeness (QED) is 0.684. The lowest BCUT2D eigenvalue weighted by molar-refractivity contribution is 0.405. The average molecular weight is 309 g/mol. The molecule has 0 aliphatic rings. The Labute approximate surface area is 131 Å². The zero-order valence-corrected chi connectivity index (χ0v) is 12.9. The Morgan fingerprint density at radius 1 is 0.955 bits per heavy atom. The molecule has 0 radical (unpaired) electrons. The third kappa shape index (κ3) is 2.92. The molecule has 0 amide bonds. The van der Waals surface area contributed by atoms with Gasteiger partial charge in [0.1, 0.15) is 10.6 Å². The van der Waals surface area contributed by atoms with E-state index in [0.717, 1.165) is 16.3 Å². The molecule has 0 spiro atoms. The third-order valence-corrected chi connectivity index (χ3v) is 4.40. The van der Waals surface area contributed by atoms with Gasteiger partial charge in [0, 0.05) is 11.6 Å². The molecule has 0 saturated heterocycles. The molecule has 1 atom stereocenters. The van der Waals surface area contributed by atoms with E-state index in [1.165, 1.54) is 0 Å². The highest BCUT2D eigenvalue weighted by molar-refractivity contribution is 7.84. The number of methoxy groups -OCH3 is 1. The van der Waals surface area contributed by atoms with Gasteiger partial charge in [0.15, 0.2) is 11.0 Å². The van der Waals surface area contributed by atoms with E-state index in [-0.39, 0.29) is 0 Å². The van der Waals surface area contributed by atoms with Crippen molar-refractivity contribution in [1.29, 1.82) is 0 Å². The summed E-state index contributed by atoms with van der Waals surface area (Å²) in [6.45, 7) is 0. The van der Waals surface area contributed by atoms with Crippen LogP contribution in [0.4, 0.5) is 0 Å². The van der Waals surface area contributed by atoms with Crippen molar-refractivity contribution in [3.63, 3.8) is 0 Å². The zero-order valence-electron chi connectivity index (χ0n) is 12.1. The number of hydrogen-bond donors (Lipinski definition) is 0. The fourth-order valence-electron chi connectivity index (χ4n) is 2.26. The maximum atomic E-state index is 12.6. The molecule has 0 aromatic heterocycles. The van der Waals surface area contributed by atoms with Crippen molar-refractivity contribution in [3.05, 3.63) is 72.3 Å². The van der Waals surface area contributed by atoms with E-state index in [1.54, 1.807) is 13.3 Å². The van der Waals surface area contributed by atoms with Gasteiger partial charge in [-0.05, 0) is 17.0 Å². The highest BCUT2D eigenvalue weighted by Gasteiger charge is 2.14. The molecule has 0 aliphatic carbocycles. The van der Waals surface area contributed by atoms with Gasteiger partial charge < -0.3 is 4.74 Å². The minimum absolute atomic E-state index is 0.585. The fourth-order valence-corrected chi connectivity index (χ4v) is 3.28. The highest BCUT2D eigenvalue weighted by Crippen LogP contribution is 2.31. The summed E-state index contributed by atoms with van der Waals surface area (Å²) in [5.41, 5.74) is 0.912. The molecular formula is C18H15NO2S. The van der Waals surface area contributed by atoms with E-state index in [0.29, 0.717) is 10.6 Å². The van der Waals surface area contributed by atoms with Crippen LogP contribution in [0.3, 0.4) is 0 Å². The number of hydrogen-bond acceptors (Lipinski definition) is 2. The molecule has 3 aromatic rings. The Balaban J connectivity index is 2.05. The molecular weight excluding hydrogens is 294 g/mol. The van der Waals surface area contributed by atoms with Crippen LogP contribution in [0.5, 0.6) is 5.75 Å². The Hall–Kier alpha value is -2.46. The second kappa shape index (κ2) is 6.54. The molecule has 4 heteroatoms. The van der Waals surface area contributed by atoms with Crippen molar-refractivity contribution < 1.29 is 8.95 Å². The smallest absolute Gasteiger partial charge is 0.176 e. The molecule has 0 aliphatic heterocycles. The summed E-state index contributed by atoms with van der Waals surface area (Å²) in [6.07, 6.45) is 1.62. The molecule has 110 valence electrons. The largest absolute Gasteiger partial charge is 0.495 e. The van der Waals surface area contributed by atoms with Gasteiger partial charge in [-0.3, -0.25) is 0 Å². The molecule has 3 aromatic carbocycles. The lowest BCUT2D eigenvalue weighted by atomic mass is 10.1. The molecule has 1 unspecified atom stereocenters. The van der Waals surface area contributed by atoms with Gasteiger partial charge in [0.2, 0.25) is 0 Å². The van der Waals surface area contributed by atoms with Crippen LogP contribution >= 0.6 is 0 Å². The Bertz CT molecular complexity index is 844. The standard InChI is InChI=1S/C18H15NO2S/c1-21-17-12-11-15-9-5-6-10-16(15)18(17)22(20)19-13-14-7-3-2-4-8-14/h2-13H,1H3/b19-13+.